The van der Waals surface area contributed by atoms with Crippen molar-refractivity contribution in [1.82, 2.24) is 14.7 Å². The molecule has 3 fully saturated rings. The number of hydrogen-bond acceptors (Lipinski definition) is 3. The van der Waals surface area contributed by atoms with Gasteiger partial charge in [-0.05, 0) is 88.3 Å². The van der Waals surface area contributed by atoms with E-state index in [1.807, 2.05) is 0 Å². The van der Waals surface area contributed by atoms with Crippen molar-refractivity contribution in [2.75, 3.05) is 52.9 Å². The van der Waals surface area contributed by atoms with E-state index in [0.717, 1.165) is 18.4 Å². The predicted molar refractivity (Wildman–Crippen MR) is 105 cm³/mol. The monoisotopic (exact) mass is 341 g/mol. The van der Waals surface area contributed by atoms with Gasteiger partial charge >= 0.3 is 0 Å². The maximum Gasteiger partial charge on any atom is 0.0233 e. The molecule has 0 atom stereocenters. The summed E-state index contributed by atoms with van der Waals surface area (Å²) in [6.07, 6.45) is 6.91. The molecule has 1 aromatic rings. The molecule has 2 heterocycles. The third-order valence-corrected chi connectivity index (χ3v) is 6.62. The minimum atomic E-state index is 0.820. The third-order valence-electron chi connectivity index (χ3n) is 6.62. The van der Waals surface area contributed by atoms with Crippen LogP contribution in [-0.4, -0.2) is 67.6 Å². The summed E-state index contributed by atoms with van der Waals surface area (Å²) in [4.78, 5) is 7.78. The zero-order valence-corrected chi connectivity index (χ0v) is 16.0. The molecule has 0 unspecified atom stereocenters. The summed E-state index contributed by atoms with van der Waals surface area (Å²) in [5.74, 6) is 1.75. The van der Waals surface area contributed by atoms with Crippen molar-refractivity contribution in [3.8, 4) is 0 Å². The van der Waals surface area contributed by atoms with Crippen LogP contribution in [0.5, 0.6) is 0 Å². The Kier molecular flexibility index (Phi) is 5.74. The topological polar surface area (TPSA) is 9.72 Å². The fraction of sp³-hybridized carbons (Fsp3) is 0.727. The summed E-state index contributed by atoms with van der Waals surface area (Å²) < 4.78 is 0. The van der Waals surface area contributed by atoms with Crippen molar-refractivity contribution in [2.45, 2.75) is 44.6 Å². The van der Waals surface area contributed by atoms with E-state index >= 15 is 0 Å². The fourth-order valence-electron chi connectivity index (χ4n) is 4.90. The molecular formula is C22H35N3. The van der Waals surface area contributed by atoms with Crippen molar-refractivity contribution in [3.05, 3.63) is 35.4 Å². The van der Waals surface area contributed by atoms with Gasteiger partial charge in [0.15, 0.2) is 0 Å². The second kappa shape index (κ2) is 8.20. The van der Waals surface area contributed by atoms with Gasteiger partial charge in [0.2, 0.25) is 0 Å². The second-order valence-corrected chi connectivity index (χ2v) is 8.72. The molecule has 1 saturated carbocycles. The first-order valence-corrected chi connectivity index (χ1v) is 10.5. The highest BCUT2D eigenvalue weighted by atomic mass is 15.2. The van der Waals surface area contributed by atoms with Crippen LogP contribution in [0.4, 0.5) is 0 Å². The molecule has 0 bridgehead atoms. The Balaban J connectivity index is 1.22. The highest BCUT2D eigenvalue weighted by Gasteiger charge is 2.31. The van der Waals surface area contributed by atoms with Crippen molar-refractivity contribution in [2.24, 2.45) is 5.92 Å². The molecule has 2 aliphatic heterocycles. The van der Waals surface area contributed by atoms with E-state index in [2.05, 4.69) is 46.0 Å². The second-order valence-electron chi connectivity index (χ2n) is 8.72. The van der Waals surface area contributed by atoms with Crippen molar-refractivity contribution >= 4 is 0 Å². The number of benzene rings is 1. The van der Waals surface area contributed by atoms with E-state index in [-0.39, 0.29) is 0 Å². The van der Waals surface area contributed by atoms with E-state index < -0.39 is 0 Å². The standard InChI is InChI=1S/C22H35N3/c1-23-9-4-12-25(14-13-23)18-20-15-22(16-20)21-7-5-19(6-8-21)17-24-10-2-3-11-24/h5-8,20,22H,2-4,9-18H2,1H3. The highest BCUT2D eigenvalue weighted by molar-refractivity contribution is 5.27. The third kappa shape index (κ3) is 4.64. The largest absolute Gasteiger partial charge is 0.305 e. The molecule has 3 nitrogen and oxygen atoms in total. The van der Waals surface area contributed by atoms with Gasteiger partial charge < -0.3 is 9.80 Å². The molecule has 0 amide bonds. The zero-order chi connectivity index (χ0) is 17.1. The number of likely N-dealkylation sites (N-methyl/N-ethyl adjacent to an activating group) is 1. The Morgan fingerprint density at radius 1 is 0.800 bits per heavy atom. The minimum Gasteiger partial charge on any atom is -0.305 e. The summed E-state index contributed by atoms with van der Waals surface area (Å²) in [6.45, 7) is 10.1. The lowest BCUT2D eigenvalue weighted by Crippen LogP contribution is -2.37. The van der Waals surface area contributed by atoms with E-state index in [4.69, 9.17) is 0 Å². The summed E-state index contributed by atoms with van der Waals surface area (Å²) in [5, 5.41) is 0. The van der Waals surface area contributed by atoms with Crippen LogP contribution in [0.1, 0.15) is 49.1 Å². The molecule has 1 aliphatic carbocycles. The van der Waals surface area contributed by atoms with E-state index in [9.17, 15) is 0 Å². The lowest BCUT2D eigenvalue weighted by atomic mass is 9.71. The van der Waals surface area contributed by atoms with Gasteiger partial charge in [0.25, 0.3) is 0 Å². The molecule has 3 aliphatic rings. The van der Waals surface area contributed by atoms with Gasteiger partial charge in [0.1, 0.15) is 0 Å². The van der Waals surface area contributed by atoms with Gasteiger partial charge in [-0.3, -0.25) is 4.90 Å². The van der Waals surface area contributed by atoms with Gasteiger partial charge in [-0.25, -0.2) is 0 Å². The number of nitrogens with zero attached hydrogens (tertiary/aromatic N) is 3. The summed E-state index contributed by atoms with van der Waals surface area (Å²) in [5.41, 5.74) is 3.08. The molecule has 4 rings (SSSR count). The Hall–Kier alpha value is -0.900. The van der Waals surface area contributed by atoms with Gasteiger partial charge in [-0.1, -0.05) is 24.3 Å². The average molecular weight is 342 g/mol. The van der Waals surface area contributed by atoms with Gasteiger partial charge in [-0.2, -0.15) is 0 Å². The normalized spacial score (nSPS) is 29.5. The van der Waals surface area contributed by atoms with E-state index in [0.29, 0.717) is 0 Å². The van der Waals surface area contributed by atoms with Crippen LogP contribution >= 0.6 is 0 Å². The van der Waals surface area contributed by atoms with Crippen molar-refractivity contribution in [3.63, 3.8) is 0 Å². The van der Waals surface area contributed by atoms with Crippen molar-refractivity contribution in [1.29, 1.82) is 0 Å². The fourth-order valence-corrected chi connectivity index (χ4v) is 4.90. The summed E-state index contributed by atoms with van der Waals surface area (Å²) in [6, 6.07) is 9.58. The van der Waals surface area contributed by atoms with Crippen LogP contribution in [0.25, 0.3) is 0 Å². The van der Waals surface area contributed by atoms with Crippen molar-refractivity contribution < 1.29 is 0 Å². The molecule has 25 heavy (non-hydrogen) atoms. The summed E-state index contributed by atoms with van der Waals surface area (Å²) >= 11 is 0. The maximum atomic E-state index is 2.71. The minimum absolute atomic E-state index is 0.820. The molecular weight excluding hydrogens is 306 g/mol. The maximum absolute atomic E-state index is 2.71. The number of rotatable bonds is 5. The van der Waals surface area contributed by atoms with Gasteiger partial charge in [0, 0.05) is 26.2 Å². The van der Waals surface area contributed by atoms with Crippen LogP contribution in [0.3, 0.4) is 0 Å². The molecule has 138 valence electrons. The Morgan fingerprint density at radius 3 is 2.28 bits per heavy atom. The first-order valence-electron chi connectivity index (χ1n) is 10.5. The first-order chi connectivity index (χ1) is 12.3. The molecule has 0 radical (unpaired) electrons. The predicted octanol–water partition coefficient (Wildman–Crippen LogP) is 3.41. The summed E-state index contributed by atoms with van der Waals surface area (Å²) in [7, 11) is 2.26. The van der Waals surface area contributed by atoms with Crippen LogP contribution in [0.15, 0.2) is 24.3 Å². The lowest BCUT2D eigenvalue weighted by molar-refractivity contribution is 0.162. The smallest absolute Gasteiger partial charge is 0.0233 e. The Bertz CT molecular complexity index is 529. The van der Waals surface area contributed by atoms with Crippen LogP contribution in [0, 0.1) is 5.92 Å². The van der Waals surface area contributed by atoms with E-state index in [1.165, 1.54) is 83.5 Å². The molecule has 0 N–H and O–H groups in total. The Morgan fingerprint density at radius 2 is 1.52 bits per heavy atom. The highest BCUT2D eigenvalue weighted by Crippen LogP contribution is 2.42. The molecule has 0 aromatic heterocycles. The lowest BCUT2D eigenvalue weighted by Gasteiger charge is -2.39. The van der Waals surface area contributed by atoms with E-state index in [1.54, 1.807) is 5.56 Å². The number of hydrogen-bond donors (Lipinski definition) is 0. The zero-order valence-electron chi connectivity index (χ0n) is 16.0. The molecule has 1 aromatic carbocycles. The van der Waals surface area contributed by atoms with Crippen LogP contribution in [-0.2, 0) is 6.54 Å². The van der Waals surface area contributed by atoms with Gasteiger partial charge in [-0.15, -0.1) is 0 Å². The number of likely N-dealkylation sites (tertiary alicyclic amines) is 1. The quantitative estimate of drug-likeness (QED) is 0.812. The molecule has 3 heteroatoms. The van der Waals surface area contributed by atoms with Crippen LogP contribution in [0.2, 0.25) is 0 Å². The average Bonchev–Trinajstić information content (AvgIpc) is 3.00. The molecule has 0 spiro atoms. The first kappa shape index (κ1) is 17.5. The Labute approximate surface area is 154 Å². The SMILES string of the molecule is CN1CCCN(CC2CC(c3ccc(CN4CCCC4)cc3)C2)CC1. The van der Waals surface area contributed by atoms with Gasteiger partial charge in [0.05, 0.1) is 0 Å². The molecule has 2 saturated heterocycles. The van der Waals surface area contributed by atoms with Crippen LogP contribution < -0.4 is 0 Å².